The number of hydrogen-bond acceptors (Lipinski definition) is 3. The minimum absolute atomic E-state index is 0.118. The van der Waals surface area contributed by atoms with Crippen molar-refractivity contribution in [3.8, 4) is 0 Å². The Labute approximate surface area is 47.0 Å². The van der Waals surface area contributed by atoms with Crippen LogP contribution in [0.1, 0.15) is 0 Å². The molecule has 0 saturated carbocycles. The highest BCUT2D eigenvalue weighted by molar-refractivity contribution is 7.50. The SMILES string of the molecule is COP(=O)(O)N(C)[O-]. The van der Waals surface area contributed by atoms with Gasteiger partial charge in [-0.2, -0.15) is 0 Å². The van der Waals surface area contributed by atoms with E-state index in [9.17, 15) is 9.77 Å². The van der Waals surface area contributed by atoms with Crippen molar-refractivity contribution in [2.45, 2.75) is 0 Å². The van der Waals surface area contributed by atoms with E-state index in [4.69, 9.17) is 4.89 Å². The Hall–Kier alpha value is 0.0700. The van der Waals surface area contributed by atoms with Gasteiger partial charge in [0.15, 0.2) is 0 Å². The molecule has 0 heterocycles. The van der Waals surface area contributed by atoms with Gasteiger partial charge >= 0.3 is 7.75 Å². The first-order valence-electron chi connectivity index (χ1n) is 1.80. The van der Waals surface area contributed by atoms with Gasteiger partial charge in [-0.3, -0.25) is 4.83 Å². The molecule has 0 rings (SSSR count). The molecule has 0 bridgehead atoms. The standard InChI is InChI=1S/C2H7NO4P/c1-3(4)8(5,6)7-2/h1-2H3,(H,5,6)/q-1. The van der Waals surface area contributed by atoms with Crippen LogP contribution < -0.4 is 0 Å². The van der Waals surface area contributed by atoms with Crippen molar-refractivity contribution in [1.82, 2.24) is 4.83 Å². The second kappa shape index (κ2) is 2.57. The highest BCUT2D eigenvalue weighted by Crippen LogP contribution is 2.42. The highest BCUT2D eigenvalue weighted by atomic mass is 31.2. The number of nitrogens with zero attached hydrogens (tertiary/aromatic N) is 1. The zero-order valence-corrected chi connectivity index (χ0v) is 5.46. The molecular weight excluding hydrogens is 133 g/mol. The lowest BCUT2D eigenvalue weighted by atomic mass is 11.6. The van der Waals surface area contributed by atoms with Crippen LogP contribution in [-0.4, -0.2) is 23.9 Å². The highest BCUT2D eigenvalue weighted by Gasteiger charge is 2.14. The third-order valence-electron chi connectivity index (χ3n) is 0.594. The van der Waals surface area contributed by atoms with E-state index in [-0.39, 0.29) is 4.83 Å². The summed E-state index contributed by atoms with van der Waals surface area (Å²) in [5.74, 6) is 0. The molecule has 0 radical (unpaired) electrons. The molecule has 0 spiro atoms. The van der Waals surface area contributed by atoms with E-state index in [0.717, 1.165) is 14.2 Å². The number of hydroxylamine groups is 1. The molecule has 0 aliphatic heterocycles. The normalized spacial score (nSPS) is 18.6. The topological polar surface area (TPSA) is 72.8 Å². The van der Waals surface area contributed by atoms with Crippen LogP contribution >= 0.6 is 7.75 Å². The Kier molecular flexibility index (Phi) is 2.59. The molecule has 1 N–H and O–H groups in total. The lowest BCUT2D eigenvalue weighted by Crippen LogP contribution is -2.05. The Bertz CT molecular complexity index is 113. The van der Waals surface area contributed by atoms with Gasteiger partial charge in [-0.25, -0.2) is 4.57 Å². The first-order chi connectivity index (χ1) is 3.50. The summed E-state index contributed by atoms with van der Waals surface area (Å²) in [7, 11) is -2.05. The summed E-state index contributed by atoms with van der Waals surface area (Å²) >= 11 is 0. The van der Waals surface area contributed by atoms with Gasteiger partial charge in [0.2, 0.25) is 0 Å². The molecule has 5 nitrogen and oxygen atoms in total. The summed E-state index contributed by atoms with van der Waals surface area (Å²) in [6.07, 6.45) is 0. The van der Waals surface area contributed by atoms with Gasteiger partial charge in [-0.05, 0) is 7.05 Å². The summed E-state index contributed by atoms with van der Waals surface area (Å²) in [4.78, 5) is 8.23. The Morgan fingerprint density at radius 1 is 1.88 bits per heavy atom. The number of rotatable bonds is 2. The van der Waals surface area contributed by atoms with Gasteiger partial charge in [0.1, 0.15) is 0 Å². The predicted octanol–water partition coefficient (Wildman–Crippen LogP) is 0.163. The maximum Gasteiger partial charge on any atom is 0.393 e. The molecule has 0 aliphatic rings. The number of hydrogen-bond donors (Lipinski definition) is 1. The summed E-state index contributed by atoms with van der Waals surface area (Å²) in [6.45, 7) is 0. The lowest BCUT2D eigenvalue weighted by molar-refractivity contribution is 0.274. The Morgan fingerprint density at radius 2 is 2.25 bits per heavy atom. The minimum Gasteiger partial charge on any atom is -0.777 e. The second-order valence-electron chi connectivity index (χ2n) is 1.14. The van der Waals surface area contributed by atoms with E-state index >= 15 is 0 Å². The molecule has 0 fully saturated rings. The van der Waals surface area contributed by atoms with Crippen molar-refractivity contribution in [2.24, 2.45) is 0 Å². The van der Waals surface area contributed by atoms with E-state index < -0.39 is 7.75 Å². The first-order valence-corrected chi connectivity index (χ1v) is 3.33. The van der Waals surface area contributed by atoms with Crippen LogP contribution in [-0.2, 0) is 9.09 Å². The molecule has 0 aromatic carbocycles. The second-order valence-corrected chi connectivity index (χ2v) is 3.05. The Balaban J connectivity index is 3.93. The lowest BCUT2D eigenvalue weighted by Gasteiger charge is -2.25. The molecule has 50 valence electrons. The van der Waals surface area contributed by atoms with Gasteiger partial charge in [-0.1, -0.05) is 0 Å². The van der Waals surface area contributed by atoms with Crippen LogP contribution in [0.3, 0.4) is 0 Å². The van der Waals surface area contributed by atoms with E-state index in [0.29, 0.717) is 0 Å². The van der Waals surface area contributed by atoms with E-state index in [2.05, 4.69) is 4.52 Å². The molecule has 1 unspecified atom stereocenters. The van der Waals surface area contributed by atoms with Crippen molar-refractivity contribution in [2.75, 3.05) is 14.2 Å². The fraction of sp³-hybridized carbons (Fsp3) is 1.00. The van der Waals surface area contributed by atoms with E-state index in [1.165, 1.54) is 0 Å². The molecular formula is C2H7NO4P-. The molecule has 0 aromatic heterocycles. The maximum absolute atomic E-state index is 10.2. The average molecular weight is 140 g/mol. The van der Waals surface area contributed by atoms with Gasteiger partial charge in [0, 0.05) is 7.11 Å². The first kappa shape index (κ1) is 8.07. The molecule has 0 aromatic rings. The smallest absolute Gasteiger partial charge is 0.393 e. The van der Waals surface area contributed by atoms with Gasteiger partial charge in [0.25, 0.3) is 0 Å². The fourth-order valence-electron chi connectivity index (χ4n) is 0.115. The average Bonchev–Trinajstić information content (AvgIpc) is 1.67. The summed E-state index contributed by atoms with van der Waals surface area (Å²) in [5, 5.41) is 9.98. The monoisotopic (exact) mass is 140 g/mol. The van der Waals surface area contributed by atoms with Crippen molar-refractivity contribution in [3.05, 3.63) is 5.21 Å². The van der Waals surface area contributed by atoms with Gasteiger partial charge in [0.05, 0.1) is 0 Å². The van der Waals surface area contributed by atoms with Gasteiger partial charge < -0.3 is 14.6 Å². The quantitative estimate of drug-likeness (QED) is 0.437. The third kappa shape index (κ3) is 1.90. The van der Waals surface area contributed by atoms with Crippen molar-refractivity contribution in [3.63, 3.8) is 0 Å². The Morgan fingerprint density at radius 3 is 2.25 bits per heavy atom. The van der Waals surface area contributed by atoms with Crippen molar-refractivity contribution >= 4 is 7.75 Å². The molecule has 8 heavy (non-hydrogen) atoms. The van der Waals surface area contributed by atoms with Crippen molar-refractivity contribution in [1.29, 1.82) is 0 Å². The predicted molar refractivity (Wildman–Crippen MR) is 28.0 cm³/mol. The minimum atomic E-state index is -3.97. The van der Waals surface area contributed by atoms with Crippen LogP contribution in [0.5, 0.6) is 0 Å². The molecule has 0 saturated heterocycles. The van der Waals surface area contributed by atoms with Crippen LogP contribution in [0.25, 0.3) is 0 Å². The maximum atomic E-state index is 10.2. The van der Waals surface area contributed by atoms with Crippen LogP contribution in [0.15, 0.2) is 0 Å². The van der Waals surface area contributed by atoms with Crippen LogP contribution in [0.4, 0.5) is 0 Å². The van der Waals surface area contributed by atoms with Crippen LogP contribution in [0, 0.1) is 5.21 Å². The van der Waals surface area contributed by atoms with Gasteiger partial charge in [-0.15, -0.1) is 0 Å². The van der Waals surface area contributed by atoms with Crippen molar-refractivity contribution < 1.29 is 14.0 Å². The van der Waals surface area contributed by atoms with E-state index in [1.54, 1.807) is 0 Å². The summed E-state index contributed by atoms with van der Waals surface area (Å²) in [5.41, 5.74) is 0. The fourth-order valence-corrected chi connectivity index (χ4v) is 0.345. The third-order valence-corrected chi connectivity index (χ3v) is 1.78. The zero-order chi connectivity index (χ0) is 6.78. The molecule has 0 amide bonds. The molecule has 6 heteroatoms. The largest absolute Gasteiger partial charge is 0.777 e. The van der Waals surface area contributed by atoms with Crippen LogP contribution in [0.2, 0.25) is 0 Å². The summed E-state index contributed by atoms with van der Waals surface area (Å²) < 4.78 is 14.2. The summed E-state index contributed by atoms with van der Waals surface area (Å²) in [6, 6.07) is 0. The molecule has 1 atom stereocenters. The van der Waals surface area contributed by atoms with E-state index in [1.807, 2.05) is 0 Å². The molecule has 0 aliphatic carbocycles. The zero-order valence-electron chi connectivity index (χ0n) is 4.57.